The van der Waals surface area contributed by atoms with Crippen molar-refractivity contribution in [3.8, 4) is 0 Å². The van der Waals surface area contributed by atoms with Gasteiger partial charge < -0.3 is 33.0 Å². The molecule has 0 aromatic carbocycles. The molecule has 0 aliphatic rings. The van der Waals surface area contributed by atoms with Crippen molar-refractivity contribution in [3.63, 3.8) is 0 Å². The van der Waals surface area contributed by atoms with Gasteiger partial charge in [-0.25, -0.2) is 0 Å². The Labute approximate surface area is 101 Å². The molecule has 0 bridgehead atoms. The van der Waals surface area contributed by atoms with Gasteiger partial charge in [0.05, 0.1) is 26.8 Å². The quantitative estimate of drug-likeness (QED) is 0.509. The molecule has 5 heteroatoms. The minimum absolute atomic E-state index is 0. The topological polar surface area (TPSA) is 26.0 Å². The molecular formula is C8H14ClIN2O. The van der Waals surface area contributed by atoms with Gasteiger partial charge in [0.25, 0.3) is 0 Å². The van der Waals surface area contributed by atoms with E-state index in [4.69, 9.17) is 16.1 Å². The van der Waals surface area contributed by atoms with Gasteiger partial charge in [-0.3, -0.25) is 0 Å². The zero-order valence-corrected chi connectivity index (χ0v) is 11.2. The number of hydrogen-bond acceptors (Lipinski definition) is 2. The van der Waals surface area contributed by atoms with E-state index in [0.29, 0.717) is 5.02 Å². The fraction of sp³-hybridized carbons (Fsp3) is 0.625. The molecule has 1 aromatic rings. The summed E-state index contributed by atoms with van der Waals surface area (Å²) < 4.78 is 5.86. The van der Waals surface area contributed by atoms with Crippen LogP contribution in [0.1, 0.15) is 11.5 Å². The number of hydrogen-bond donors (Lipinski definition) is 0. The van der Waals surface area contributed by atoms with Crippen LogP contribution in [0.25, 0.3) is 0 Å². The Kier molecular flexibility index (Phi) is 4.68. The Bertz CT molecular complexity index is 280. The zero-order chi connectivity index (χ0) is 9.35. The fourth-order valence-corrected chi connectivity index (χ4v) is 1.06. The van der Waals surface area contributed by atoms with E-state index in [1.165, 1.54) is 0 Å². The van der Waals surface area contributed by atoms with E-state index in [1.54, 1.807) is 0 Å². The van der Waals surface area contributed by atoms with Crippen molar-refractivity contribution < 1.29 is 33.0 Å². The van der Waals surface area contributed by atoms with E-state index in [-0.39, 0.29) is 24.0 Å². The van der Waals surface area contributed by atoms with E-state index >= 15 is 0 Å². The van der Waals surface area contributed by atoms with Crippen LogP contribution in [0.15, 0.2) is 4.52 Å². The number of nitrogens with zero attached hydrogens (tertiary/aromatic N) is 2. The first-order chi connectivity index (χ1) is 5.40. The second-order valence-corrected chi connectivity index (χ2v) is 4.33. The van der Waals surface area contributed by atoms with Crippen LogP contribution in [0.2, 0.25) is 5.02 Å². The van der Waals surface area contributed by atoms with E-state index in [1.807, 2.05) is 6.92 Å². The third-order valence-electron chi connectivity index (χ3n) is 1.47. The molecule has 76 valence electrons. The molecule has 0 amide bonds. The zero-order valence-electron chi connectivity index (χ0n) is 8.27. The van der Waals surface area contributed by atoms with E-state index in [9.17, 15) is 0 Å². The van der Waals surface area contributed by atoms with Crippen molar-refractivity contribution in [3.05, 3.63) is 16.5 Å². The lowest BCUT2D eigenvalue weighted by atomic mass is 10.3. The first-order valence-corrected chi connectivity index (χ1v) is 4.19. The van der Waals surface area contributed by atoms with Crippen LogP contribution >= 0.6 is 11.6 Å². The first kappa shape index (κ1) is 13.2. The second-order valence-electron chi connectivity index (χ2n) is 3.95. The molecule has 13 heavy (non-hydrogen) atoms. The average Bonchev–Trinajstić information content (AvgIpc) is 2.16. The largest absolute Gasteiger partial charge is 1.00 e. The minimum Gasteiger partial charge on any atom is -1.00 e. The lowest BCUT2D eigenvalue weighted by Gasteiger charge is -2.21. The summed E-state index contributed by atoms with van der Waals surface area (Å²) in [5.74, 6) is 0.765. The van der Waals surface area contributed by atoms with Gasteiger partial charge >= 0.3 is 0 Å². The maximum absolute atomic E-state index is 5.95. The van der Waals surface area contributed by atoms with E-state index in [0.717, 1.165) is 22.5 Å². The third kappa shape index (κ3) is 3.83. The Morgan fingerprint density at radius 2 is 1.92 bits per heavy atom. The van der Waals surface area contributed by atoms with Crippen LogP contribution < -0.4 is 24.0 Å². The van der Waals surface area contributed by atoms with Gasteiger partial charge in [-0.15, -0.1) is 0 Å². The van der Waals surface area contributed by atoms with Crippen LogP contribution in [0.3, 0.4) is 0 Å². The van der Waals surface area contributed by atoms with Crippen molar-refractivity contribution in [2.45, 2.75) is 13.5 Å². The molecule has 1 aromatic heterocycles. The molecule has 0 spiro atoms. The number of rotatable bonds is 2. The highest BCUT2D eigenvalue weighted by atomic mass is 127. The van der Waals surface area contributed by atoms with Gasteiger partial charge in [0, 0.05) is 0 Å². The normalized spacial score (nSPS) is 11.2. The van der Waals surface area contributed by atoms with Crippen LogP contribution in [-0.2, 0) is 6.54 Å². The molecule has 0 radical (unpaired) electrons. The maximum Gasteiger partial charge on any atom is 0.209 e. The summed E-state index contributed by atoms with van der Waals surface area (Å²) in [5, 5.41) is 4.44. The van der Waals surface area contributed by atoms with Gasteiger partial charge in [-0.05, 0) is 6.92 Å². The standard InChI is InChI=1S/C8H14ClN2O.HI/c1-6-8(9)7(12-10-6)5-11(2,3)4;/h5H2,1-4H3;1H/q+1;/p-1. The number of halogens is 2. The molecule has 0 saturated carbocycles. The van der Waals surface area contributed by atoms with Crippen molar-refractivity contribution in [1.29, 1.82) is 0 Å². The summed E-state index contributed by atoms with van der Waals surface area (Å²) in [5.41, 5.74) is 0.764. The maximum atomic E-state index is 5.95. The molecule has 1 rings (SSSR count). The van der Waals surface area contributed by atoms with Gasteiger partial charge in [0.15, 0.2) is 0 Å². The van der Waals surface area contributed by atoms with Crippen LogP contribution in [0.4, 0.5) is 0 Å². The first-order valence-electron chi connectivity index (χ1n) is 3.81. The Morgan fingerprint density at radius 3 is 2.23 bits per heavy atom. The molecule has 0 fully saturated rings. The van der Waals surface area contributed by atoms with Gasteiger partial charge in [-0.1, -0.05) is 16.8 Å². The monoisotopic (exact) mass is 316 g/mol. The smallest absolute Gasteiger partial charge is 0.209 e. The molecule has 0 N–H and O–H groups in total. The minimum atomic E-state index is 0. The summed E-state index contributed by atoms with van der Waals surface area (Å²) in [6.45, 7) is 2.60. The van der Waals surface area contributed by atoms with Crippen molar-refractivity contribution in [1.82, 2.24) is 5.16 Å². The Balaban J connectivity index is 0.00000144. The summed E-state index contributed by atoms with van der Waals surface area (Å²) in [7, 11) is 6.23. The van der Waals surface area contributed by atoms with Crippen molar-refractivity contribution in [2.24, 2.45) is 0 Å². The fourth-order valence-electron chi connectivity index (χ4n) is 0.935. The molecule has 0 unspecified atom stereocenters. The van der Waals surface area contributed by atoms with Crippen molar-refractivity contribution >= 4 is 11.6 Å². The predicted molar refractivity (Wildman–Crippen MR) is 48.0 cm³/mol. The molecule has 0 aliphatic heterocycles. The highest BCUT2D eigenvalue weighted by Gasteiger charge is 2.17. The van der Waals surface area contributed by atoms with Crippen LogP contribution in [-0.4, -0.2) is 30.8 Å². The second kappa shape index (κ2) is 4.61. The summed E-state index contributed by atoms with van der Waals surface area (Å²) in [6, 6.07) is 0. The van der Waals surface area contributed by atoms with Crippen LogP contribution in [0.5, 0.6) is 0 Å². The summed E-state index contributed by atoms with van der Waals surface area (Å²) in [6.07, 6.45) is 0. The lowest BCUT2D eigenvalue weighted by Crippen LogP contribution is -3.00. The van der Waals surface area contributed by atoms with Gasteiger partial charge in [0.1, 0.15) is 11.6 Å². The van der Waals surface area contributed by atoms with E-state index in [2.05, 4.69) is 26.3 Å². The molecule has 0 aliphatic carbocycles. The third-order valence-corrected chi connectivity index (χ3v) is 1.96. The average molecular weight is 317 g/mol. The molecule has 1 heterocycles. The summed E-state index contributed by atoms with van der Waals surface area (Å²) in [4.78, 5) is 0. The lowest BCUT2D eigenvalue weighted by molar-refractivity contribution is -0.885. The molecule has 3 nitrogen and oxygen atoms in total. The van der Waals surface area contributed by atoms with Crippen molar-refractivity contribution in [2.75, 3.05) is 21.1 Å². The Hall–Kier alpha value is 0.190. The number of aryl methyl sites for hydroxylation is 1. The molecule has 0 atom stereocenters. The predicted octanol–water partition coefficient (Wildman–Crippen LogP) is -1.15. The highest BCUT2D eigenvalue weighted by molar-refractivity contribution is 6.31. The van der Waals surface area contributed by atoms with Gasteiger partial charge in [-0.2, -0.15) is 0 Å². The Morgan fingerprint density at radius 1 is 1.38 bits per heavy atom. The molecule has 0 saturated heterocycles. The number of aromatic nitrogens is 1. The number of quaternary nitrogens is 1. The highest BCUT2D eigenvalue weighted by Crippen LogP contribution is 2.21. The van der Waals surface area contributed by atoms with Gasteiger partial charge in [0.2, 0.25) is 5.76 Å². The van der Waals surface area contributed by atoms with Crippen LogP contribution in [0, 0.1) is 6.92 Å². The summed E-state index contributed by atoms with van der Waals surface area (Å²) >= 11 is 5.95. The molecular weight excluding hydrogens is 302 g/mol. The van der Waals surface area contributed by atoms with E-state index < -0.39 is 0 Å². The SMILES string of the molecule is Cc1noc(C[N+](C)(C)C)c1Cl.[I-].